The maximum atomic E-state index is 12.3. The summed E-state index contributed by atoms with van der Waals surface area (Å²) < 4.78 is 0. The van der Waals surface area contributed by atoms with Crippen LogP contribution in [0, 0.1) is 6.92 Å². The SMILES string of the molecule is Cc1ccc(S)cc1C(=O)N1CCC(O)CC1. The number of carbonyl (C=O) groups excluding carboxylic acids is 1. The van der Waals surface area contributed by atoms with Gasteiger partial charge in [-0.3, -0.25) is 4.79 Å². The summed E-state index contributed by atoms with van der Waals surface area (Å²) in [4.78, 5) is 14.9. The maximum Gasteiger partial charge on any atom is 0.254 e. The van der Waals surface area contributed by atoms with Crippen molar-refractivity contribution in [1.29, 1.82) is 0 Å². The Morgan fingerprint density at radius 2 is 2.06 bits per heavy atom. The molecule has 1 N–H and O–H groups in total. The van der Waals surface area contributed by atoms with Crippen molar-refractivity contribution in [2.24, 2.45) is 0 Å². The van der Waals surface area contributed by atoms with Crippen LogP contribution in [0.15, 0.2) is 23.1 Å². The van der Waals surface area contributed by atoms with E-state index in [4.69, 9.17) is 0 Å². The highest BCUT2D eigenvalue weighted by Gasteiger charge is 2.23. The first kappa shape index (κ1) is 12.5. The summed E-state index contributed by atoms with van der Waals surface area (Å²) in [5.41, 5.74) is 1.69. The van der Waals surface area contributed by atoms with E-state index in [1.807, 2.05) is 30.0 Å². The summed E-state index contributed by atoms with van der Waals surface area (Å²) in [6.45, 7) is 3.20. The molecule has 0 atom stereocenters. The van der Waals surface area contributed by atoms with E-state index in [2.05, 4.69) is 12.6 Å². The zero-order chi connectivity index (χ0) is 12.4. The highest BCUT2D eigenvalue weighted by Crippen LogP contribution is 2.19. The molecule has 0 aliphatic carbocycles. The fourth-order valence-corrected chi connectivity index (χ4v) is 2.28. The number of piperidine rings is 1. The van der Waals surface area contributed by atoms with Crippen LogP contribution in [0.2, 0.25) is 0 Å². The van der Waals surface area contributed by atoms with Crippen LogP contribution in [-0.2, 0) is 0 Å². The lowest BCUT2D eigenvalue weighted by Crippen LogP contribution is -2.40. The fraction of sp³-hybridized carbons (Fsp3) is 0.462. The molecule has 0 saturated carbocycles. The predicted octanol–water partition coefficient (Wildman–Crippen LogP) is 1.88. The number of rotatable bonds is 1. The average molecular weight is 251 g/mol. The minimum Gasteiger partial charge on any atom is -0.393 e. The average Bonchev–Trinajstić information content (AvgIpc) is 2.32. The van der Waals surface area contributed by atoms with Crippen molar-refractivity contribution in [3.8, 4) is 0 Å². The van der Waals surface area contributed by atoms with Crippen LogP contribution in [0.1, 0.15) is 28.8 Å². The standard InChI is InChI=1S/C13H17NO2S/c1-9-2-3-11(17)8-12(9)13(16)14-6-4-10(15)5-7-14/h2-3,8,10,15,17H,4-7H2,1H3. The summed E-state index contributed by atoms with van der Waals surface area (Å²) in [5.74, 6) is 0.0466. The number of benzene rings is 1. The van der Waals surface area contributed by atoms with Crippen LogP contribution in [0.5, 0.6) is 0 Å². The second-order valence-corrected chi connectivity index (χ2v) is 5.04. The van der Waals surface area contributed by atoms with Crippen LogP contribution < -0.4 is 0 Å². The fourth-order valence-electron chi connectivity index (χ4n) is 2.08. The molecule has 1 aromatic carbocycles. The minimum absolute atomic E-state index is 0.0466. The molecular formula is C13H17NO2S. The van der Waals surface area contributed by atoms with Gasteiger partial charge in [0.25, 0.3) is 5.91 Å². The molecular weight excluding hydrogens is 234 g/mol. The molecule has 0 spiro atoms. The number of carbonyl (C=O) groups is 1. The van der Waals surface area contributed by atoms with Gasteiger partial charge in [-0.15, -0.1) is 12.6 Å². The number of thiol groups is 1. The number of hydrogen-bond donors (Lipinski definition) is 2. The molecule has 92 valence electrons. The molecule has 1 aromatic rings. The van der Waals surface area contributed by atoms with Crippen molar-refractivity contribution >= 4 is 18.5 Å². The third-order valence-corrected chi connectivity index (χ3v) is 3.48. The molecule has 1 saturated heterocycles. The Kier molecular flexibility index (Phi) is 3.74. The minimum atomic E-state index is -0.253. The summed E-state index contributed by atoms with van der Waals surface area (Å²) in [5, 5.41) is 9.43. The lowest BCUT2D eigenvalue weighted by atomic mass is 10.0. The first-order valence-corrected chi connectivity index (χ1v) is 6.29. The third-order valence-electron chi connectivity index (χ3n) is 3.20. The highest BCUT2D eigenvalue weighted by atomic mass is 32.1. The van der Waals surface area contributed by atoms with Gasteiger partial charge in [-0.05, 0) is 37.5 Å². The second-order valence-electron chi connectivity index (χ2n) is 4.52. The van der Waals surface area contributed by atoms with Crippen molar-refractivity contribution in [2.75, 3.05) is 13.1 Å². The Labute approximate surface area is 107 Å². The Balaban J connectivity index is 2.16. The number of likely N-dealkylation sites (tertiary alicyclic amines) is 1. The molecule has 2 rings (SSSR count). The molecule has 1 aliphatic heterocycles. The van der Waals surface area contributed by atoms with Crippen molar-refractivity contribution in [1.82, 2.24) is 4.90 Å². The zero-order valence-electron chi connectivity index (χ0n) is 9.89. The predicted molar refractivity (Wildman–Crippen MR) is 69.6 cm³/mol. The highest BCUT2D eigenvalue weighted by molar-refractivity contribution is 7.80. The van der Waals surface area contributed by atoms with Crippen LogP contribution in [0.3, 0.4) is 0 Å². The van der Waals surface area contributed by atoms with E-state index in [0.29, 0.717) is 31.5 Å². The number of hydrogen-bond acceptors (Lipinski definition) is 3. The van der Waals surface area contributed by atoms with Crippen LogP contribution >= 0.6 is 12.6 Å². The number of amides is 1. The van der Waals surface area contributed by atoms with Crippen molar-refractivity contribution in [2.45, 2.75) is 30.8 Å². The number of aryl methyl sites for hydroxylation is 1. The van der Waals surface area contributed by atoms with E-state index < -0.39 is 0 Å². The van der Waals surface area contributed by atoms with Crippen molar-refractivity contribution in [3.63, 3.8) is 0 Å². The largest absolute Gasteiger partial charge is 0.393 e. The van der Waals surface area contributed by atoms with Gasteiger partial charge in [-0.25, -0.2) is 0 Å². The maximum absolute atomic E-state index is 12.3. The van der Waals surface area contributed by atoms with Gasteiger partial charge in [-0.2, -0.15) is 0 Å². The topological polar surface area (TPSA) is 40.5 Å². The summed E-state index contributed by atoms with van der Waals surface area (Å²) >= 11 is 4.26. The Morgan fingerprint density at radius 1 is 1.41 bits per heavy atom. The van der Waals surface area contributed by atoms with Gasteiger partial charge >= 0.3 is 0 Å². The van der Waals surface area contributed by atoms with Crippen molar-refractivity contribution in [3.05, 3.63) is 29.3 Å². The van der Waals surface area contributed by atoms with Gasteiger partial charge in [0.2, 0.25) is 0 Å². The van der Waals surface area contributed by atoms with E-state index >= 15 is 0 Å². The monoisotopic (exact) mass is 251 g/mol. The molecule has 1 amide bonds. The van der Waals surface area contributed by atoms with Gasteiger partial charge in [-0.1, -0.05) is 6.07 Å². The Hall–Kier alpha value is -1.00. The Morgan fingerprint density at radius 3 is 2.71 bits per heavy atom. The zero-order valence-corrected chi connectivity index (χ0v) is 10.8. The second kappa shape index (κ2) is 5.10. The number of aliphatic hydroxyl groups is 1. The Bertz CT molecular complexity index is 425. The van der Waals surface area contributed by atoms with Crippen molar-refractivity contribution < 1.29 is 9.90 Å². The van der Waals surface area contributed by atoms with Crippen LogP contribution in [0.25, 0.3) is 0 Å². The van der Waals surface area contributed by atoms with E-state index in [-0.39, 0.29) is 12.0 Å². The van der Waals surface area contributed by atoms with Gasteiger partial charge < -0.3 is 10.0 Å². The lowest BCUT2D eigenvalue weighted by molar-refractivity contribution is 0.0546. The summed E-state index contributed by atoms with van der Waals surface area (Å²) in [6, 6.07) is 5.61. The molecule has 0 radical (unpaired) electrons. The number of nitrogens with zero attached hydrogens (tertiary/aromatic N) is 1. The van der Waals surface area contributed by atoms with Crippen LogP contribution in [-0.4, -0.2) is 35.1 Å². The lowest BCUT2D eigenvalue weighted by Gasteiger charge is -2.30. The molecule has 1 fully saturated rings. The van der Waals surface area contributed by atoms with E-state index in [9.17, 15) is 9.90 Å². The van der Waals surface area contributed by atoms with E-state index in [0.717, 1.165) is 10.5 Å². The van der Waals surface area contributed by atoms with Crippen LogP contribution in [0.4, 0.5) is 0 Å². The number of aliphatic hydroxyl groups excluding tert-OH is 1. The molecule has 0 aromatic heterocycles. The normalized spacial score (nSPS) is 17.2. The molecule has 1 heterocycles. The van der Waals surface area contributed by atoms with E-state index in [1.54, 1.807) is 0 Å². The molecule has 4 heteroatoms. The summed E-state index contributed by atoms with van der Waals surface area (Å²) in [7, 11) is 0. The first-order valence-electron chi connectivity index (χ1n) is 5.85. The van der Waals surface area contributed by atoms with E-state index in [1.165, 1.54) is 0 Å². The molecule has 0 unspecified atom stereocenters. The molecule has 17 heavy (non-hydrogen) atoms. The first-order chi connectivity index (χ1) is 8.08. The van der Waals surface area contributed by atoms with Gasteiger partial charge in [0.05, 0.1) is 6.10 Å². The van der Waals surface area contributed by atoms with Gasteiger partial charge in [0, 0.05) is 23.5 Å². The quantitative estimate of drug-likeness (QED) is 0.748. The molecule has 0 bridgehead atoms. The van der Waals surface area contributed by atoms with Gasteiger partial charge in [0.15, 0.2) is 0 Å². The molecule has 1 aliphatic rings. The molecule has 3 nitrogen and oxygen atoms in total. The third kappa shape index (κ3) is 2.82. The smallest absolute Gasteiger partial charge is 0.254 e. The summed E-state index contributed by atoms with van der Waals surface area (Å²) in [6.07, 6.45) is 1.09. The van der Waals surface area contributed by atoms with Gasteiger partial charge in [0.1, 0.15) is 0 Å².